The van der Waals surface area contributed by atoms with E-state index in [1.165, 1.54) is 17.2 Å². The summed E-state index contributed by atoms with van der Waals surface area (Å²) in [5.74, 6) is 0.185. The van der Waals surface area contributed by atoms with E-state index >= 15 is 0 Å². The first-order valence-corrected chi connectivity index (χ1v) is 11.3. The minimum absolute atomic E-state index is 0.0156. The molecule has 1 aliphatic carbocycles. The lowest BCUT2D eigenvalue weighted by molar-refractivity contribution is -0.118. The quantitative estimate of drug-likeness (QED) is 0.537. The molecule has 31 heavy (non-hydrogen) atoms. The molecule has 0 spiro atoms. The summed E-state index contributed by atoms with van der Waals surface area (Å²) in [6.45, 7) is 2.42. The van der Waals surface area contributed by atoms with Gasteiger partial charge in [0.05, 0.1) is 18.8 Å². The summed E-state index contributed by atoms with van der Waals surface area (Å²) in [5.41, 5.74) is 1.21. The molecule has 166 valence electrons. The van der Waals surface area contributed by atoms with E-state index in [4.69, 9.17) is 9.15 Å². The van der Waals surface area contributed by atoms with Crippen molar-refractivity contribution >= 4 is 22.9 Å². The van der Waals surface area contributed by atoms with Gasteiger partial charge in [0.1, 0.15) is 29.5 Å². The van der Waals surface area contributed by atoms with Crippen molar-refractivity contribution in [2.24, 2.45) is 5.92 Å². The number of urea groups is 1. The van der Waals surface area contributed by atoms with E-state index < -0.39 is 22.8 Å². The van der Waals surface area contributed by atoms with E-state index in [2.05, 4.69) is 15.0 Å². The Bertz CT molecular complexity index is 1010. The molecule has 2 unspecified atom stereocenters. The second kappa shape index (κ2) is 9.15. The Morgan fingerprint density at radius 3 is 2.94 bits per heavy atom. The van der Waals surface area contributed by atoms with E-state index in [0.29, 0.717) is 18.2 Å². The number of halogens is 1. The van der Waals surface area contributed by atoms with Crippen molar-refractivity contribution in [3.8, 4) is 5.75 Å². The van der Waals surface area contributed by atoms with Crippen LogP contribution in [0.25, 0.3) is 0 Å². The Morgan fingerprint density at radius 2 is 2.23 bits per heavy atom. The number of benzene rings is 1. The van der Waals surface area contributed by atoms with Crippen molar-refractivity contribution in [3.63, 3.8) is 0 Å². The van der Waals surface area contributed by atoms with Crippen molar-refractivity contribution in [2.45, 2.75) is 38.1 Å². The zero-order valence-corrected chi connectivity index (χ0v) is 17.7. The smallest absolute Gasteiger partial charge is 0.324 e. The van der Waals surface area contributed by atoms with Gasteiger partial charge in [-0.3, -0.25) is 10.1 Å². The Hall–Kier alpha value is -2.79. The standard InChI is InChI=1S/C20H23FN4O5S/c1-12(14-4-5-16(21)17(6-14)29-9-13-2-3-13)24-31(28)11-19-22-15(10-30-19)7-25-8-18(26)23-20(25)27/h4-6,10,12-13,24H,2-3,7-9,11H2,1H3,(H,23,26,27). The summed E-state index contributed by atoms with van der Waals surface area (Å²) >= 11 is 0. The van der Waals surface area contributed by atoms with Crippen LogP contribution in [0.3, 0.4) is 0 Å². The second-order valence-corrected chi connectivity index (χ2v) is 8.93. The number of rotatable bonds is 10. The molecule has 1 aromatic carbocycles. The van der Waals surface area contributed by atoms with Gasteiger partial charge in [-0.05, 0) is 43.4 Å². The van der Waals surface area contributed by atoms with E-state index in [0.717, 1.165) is 18.4 Å². The summed E-state index contributed by atoms with van der Waals surface area (Å²) in [6, 6.07) is 3.79. The number of aromatic nitrogens is 1. The fourth-order valence-corrected chi connectivity index (χ4v) is 4.08. The van der Waals surface area contributed by atoms with E-state index in [9.17, 15) is 18.2 Å². The van der Waals surface area contributed by atoms with Gasteiger partial charge in [0.25, 0.3) is 0 Å². The average molecular weight is 450 g/mol. The number of hydrogen-bond acceptors (Lipinski definition) is 6. The van der Waals surface area contributed by atoms with Crippen molar-refractivity contribution in [3.05, 3.63) is 47.4 Å². The molecule has 0 bridgehead atoms. The lowest BCUT2D eigenvalue weighted by atomic mass is 10.1. The van der Waals surface area contributed by atoms with Gasteiger partial charge in [-0.25, -0.2) is 23.1 Å². The largest absolute Gasteiger partial charge is 0.490 e. The van der Waals surface area contributed by atoms with Crippen LogP contribution >= 0.6 is 0 Å². The number of carbonyl (C=O) groups is 2. The fraction of sp³-hybridized carbons (Fsp3) is 0.450. The monoisotopic (exact) mass is 450 g/mol. The first-order chi connectivity index (χ1) is 14.9. The van der Waals surface area contributed by atoms with Crippen molar-refractivity contribution in [1.29, 1.82) is 0 Å². The van der Waals surface area contributed by atoms with E-state index in [1.807, 2.05) is 6.92 Å². The molecule has 1 saturated carbocycles. The number of ether oxygens (including phenoxy) is 1. The summed E-state index contributed by atoms with van der Waals surface area (Å²) in [7, 11) is -1.51. The van der Waals surface area contributed by atoms with Gasteiger partial charge in [0, 0.05) is 6.04 Å². The molecule has 1 saturated heterocycles. The third-order valence-electron chi connectivity index (χ3n) is 5.01. The number of amides is 3. The van der Waals surface area contributed by atoms with Crippen LogP contribution in [0, 0.1) is 11.7 Å². The summed E-state index contributed by atoms with van der Waals surface area (Å²) in [4.78, 5) is 28.4. The van der Waals surface area contributed by atoms with Crippen molar-refractivity contribution < 1.29 is 27.3 Å². The molecule has 2 atom stereocenters. The molecular formula is C20H23FN4O5S. The first-order valence-electron chi connectivity index (χ1n) is 9.96. The molecule has 2 heterocycles. The molecule has 9 nitrogen and oxygen atoms in total. The first kappa shape index (κ1) is 21.4. The van der Waals surface area contributed by atoms with E-state index in [-0.39, 0.29) is 42.4 Å². The number of imide groups is 1. The lowest BCUT2D eigenvalue weighted by Crippen LogP contribution is -2.27. The Kier molecular flexibility index (Phi) is 6.33. The Labute approximate surface area is 180 Å². The third-order valence-corrected chi connectivity index (χ3v) is 6.14. The number of nitrogens with zero attached hydrogens (tertiary/aromatic N) is 2. The maximum Gasteiger partial charge on any atom is 0.324 e. The van der Waals surface area contributed by atoms with Gasteiger partial charge in [-0.2, -0.15) is 0 Å². The predicted octanol–water partition coefficient (Wildman–Crippen LogP) is 2.17. The maximum atomic E-state index is 14.0. The minimum Gasteiger partial charge on any atom is -0.490 e. The number of oxazole rings is 1. The number of hydrogen-bond donors (Lipinski definition) is 2. The van der Waals surface area contributed by atoms with Crippen LogP contribution in [0.5, 0.6) is 5.75 Å². The zero-order chi connectivity index (χ0) is 22.0. The van der Waals surface area contributed by atoms with Gasteiger partial charge < -0.3 is 14.1 Å². The van der Waals surface area contributed by atoms with Crippen molar-refractivity contribution in [2.75, 3.05) is 13.2 Å². The van der Waals surface area contributed by atoms with Gasteiger partial charge in [0.2, 0.25) is 11.8 Å². The van der Waals surface area contributed by atoms with Gasteiger partial charge in [-0.15, -0.1) is 0 Å². The highest BCUT2D eigenvalue weighted by molar-refractivity contribution is 7.82. The van der Waals surface area contributed by atoms with Crippen LogP contribution < -0.4 is 14.8 Å². The predicted molar refractivity (Wildman–Crippen MR) is 108 cm³/mol. The molecule has 2 aromatic rings. The van der Waals surface area contributed by atoms with Crippen LogP contribution in [-0.2, 0) is 28.1 Å². The Balaban J connectivity index is 1.30. The van der Waals surface area contributed by atoms with Crippen LogP contribution in [-0.4, -0.2) is 39.2 Å². The molecule has 2 N–H and O–H groups in total. The highest BCUT2D eigenvalue weighted by Crippen LogP contribution is 2.31. The topological polar surface area (TPSA) is 114 Å². The molecule has 2 aliphatic rings. The van der Waals surface area contributed by atoms with E-state index in [1.54, 1.807) is 12.1 Å². The molecular weight excluding hydrogens is 427 g/mol. The van der Waals surface area contributed by atoms with Crippen molar-refractivity contribution in [1.82, 2.24) is 19.9 Å². The highest BCUT2D eigenvalue weighted by atomic mass is 32.2. The van der Waals surface area contributed by atoms with Gasteiger partial charge in [0.15, 0.2) is 11.6 Å². The molecule has 11 heteroatoms. The van der Waals surface area contributed by atoms with Crippen LogP contribution in [0.4, 0.5) is 9.18 Å². The minimum atomic E-state index is -1.51. The van der Waals surface area contributed by atoms with Crippen LogP contribution in [0.15, 0.2) is 28.9 Å². The molecule has 1 aromatic heterocycles. The normalized spacial score (nSPS) is 18.2. The van der Waals surface area contributed by atoms with Gasteiger partial charge in [-0.1, -0.05) is 6.07 Å². The molecule has 0 radical (unpaired) electrons. The fourth-order valence-electron chi connectivity index (χ4n) is 3.11. The molecule has 4 rings (SSSR count). The lowest BCUT2D eigenvalue weighted by Gasteiger charge is -2.15. The van der Waals surface area contributed by atoms with Crippen LogP contribution in [0.1, 0.15) is 43.0 Å². The summed E-state index contributed by atoms with van der Waals surface area (Å²) < 4.78 is 40.3. The zero-order valence-electron chi connectivity index (χ0n) is 16.9. The second-order valence-electron chi connectivity index (χ2n) is 7.72. The third kappa shape index (κ3) is 5.67. The Morgan fingerprint density at radius 1 is 1.42 bits per heavy atom. The van der Waals surface area contributed by atoms with Crippen LogP contribution in [0.2, 0.25) is 0 Å². The van der Waals surface area contributed by atoms with Gasteiger partial charge >= 0.3 is 6.03 Å². The number of nitrogens with one attached hydrogen (secondary N) is 2. The highest BCUT2D eigenvalue weighted by Gasteiger charge is 2.27. The number of carbonyl (C=O) groups excluding carboxylic acids is 2. The molecule has 2 fully saturated rings. The average Bonchev–Trinajstić information content (AvgIpc) is 3.36. The maximum absolute atomic E-state index is 14.0. The SMILES string of the molecule is CC(NS(=O)Cc1nc(CN2CC(=O)NC2=O)co1)c1ccc(F)c(OCC2CC2)c1. The summed E-state index contributed by atoms with van der Waals surface area (Å²) in [6.07, 6.45) is 3.60. The summed E-state index contributed by atoms with van der Waals surface area (Å²) in [5, 5.41) is 2.19. The molecule has 3 amide bonds. The molecule has 1 aliphatic heterocycles.